The molecule has 3 rings (SSSR count). The summed E-state index contributed by atoms with van der Waals surface area (Å²) in [6.07, 6.45) is 2.75. The van der Waals surface area contributed by atoms with Gasteiger partial charge in [-0.25, -0.2) is 0 Å². The van der Waals surface area contributed by atoms with E-state index in [9.17, 15) is 0 Å². The predicted octanol–water partition coefficient (Wildman–Crippen LogP) is 3.30. The first-order valence-corrected chi connectivity index (χ1v) is 8.67. The van der Waals surface area contributed by atoms with Crippen molar-refractivity contribution in [2.75, 3.05) is 26.2 Å². The average molecular weight is 349 g/mol. The fourth-order valence-corrected chi connectivity index (χ4v) is 3.86. The first kappa shape index (κ1) is 14.9. The van der Waals surface area contributed by atoms with Gasteiger partial charge in [-0.15, -0.1) is 0 Å². The second-order valence-electron chi connectivity index (χ2n) is 6.15. The summed E-state index contributed by atoms with van der Waals surface area (Å²) in [7, 11) is 0. The Morgan fingerprint density at radius 3 is 2.95 bits per heavy atom. The highest BCUT2D eigenvalue weighted by Gasteiger charge is 2.19. The Kier molecular flexibility index (Phi) is 4.81. The summed E-state index contributed by atoms with van der Waals surface area (Å²) in [5.41, 5.74) is 0. The van der Waals surface area contributed by atoms with E-state index in [4.69, 9.17) is 4.74 Å². The molecule has 21 heavy (non-hydrogen) atoms. The summed E-state index contributed by atoms with van der Waals surface area (Å²) in [4.78, 5) is 1.69. The molecule has 0 bridgehead atoms. The lowest BCUT2D eigenvalue weighted by Crippen LogP contribution is -3.14. The number of hydrogen-bond acceptors (Lipinski definition) is 1. The number of halogens is 1. The quantitative estimate of drug-likeness (QED) is 0.894. The molecule has 1 saturated heterocycles. The van der Waals surface area contributed by atoms with E-state index in [1.165, 1.54) is 36.7 Å². The standard InChI is InChI=1S/C18H22BrNO/c1-14-5-4-10-20(13-14)11-12-21-17-9-8-15-6-2-3-7-16(15)18(17)19/h2-3,6-9,14H,4-5,10-13H2,1H3/p+1/t14-/m0/s1. The SMILES string of the molecule is C[C@H]1CCC[NH+](CCOc2ccc3ccccc3c2Br)C1. The first-order chi connectivity index (χ1) is 10.2. The van der Waals surface area contributed by atoms with Gasteiger partial charge in [0.1, 0.15) is 18.9 Å². The fourth-order valence-electron chi connectivity index (χ4n) is 3.25. The summed E-state index contributed by atoms with van der Waals surface area (Å²) >= 11 is 3.69. The van der Waals surface area contributed by atoms with E-state index >= 15 is 0 Å². The smallest absolute Gasteiger partial charge is 0.137 e. The number of nitrogens with one attached hydrogen (secondary N) is 1. The molecule has 0 aromatic heterocycles. The molecule has 0 aliphatic carbocycles. The molecule has 1 heterocycles. The van der Waals surface area contributed by atoms with E-state index in [1.54, 1.807) is 4.90 Å². The molecular formula is C18H23BrNO+. The number of likely N-dealkylation sites (tertiary alicyclic amines) is 1. The zero-order valence-electron chi connectivity index (χ0n) is 12.6. The van der Waals surface area contributed by atoms with Gasteiger partial charge in [-0.3, -0.25) is 0 Å². The van der Waals surface area contributed by atoms with Crippen molar-refractivity contribution in [3.8, 4) is 5.75 Å². The molecule has 0 radical (unpaired) electrons. The third kappa shape index (κ3) is 3.58. The highest BCUT2D eigenvalue weighted by Crippen LogP contribution is 2.32. The molecule has 2 aromatic rings. The molecule has 1 unspecified atom stereocenters. The molecule has 1 N–H and O–H groups in total. The number of hydrogen-bond donors (Lipinski definition) is 1. The maximum absolute atomic E-state index is 6.02. The van der Waals surface area contributed by atoms with Crippen LogP contribution in [0.5, 0.6) is 5.75 Å². The molecule has 0 spiro atoms. The van der Waals surface area contributed by atoms with Gasteiger partial charge < -0.3 is 9.64 Å². The van der Waals surface area contributed by atoms with E-state index in [-0.39, 0.29) is 0 Å². The molecule has 3 heteroatoms. The van der Waals surface area contributed by atoms with Gasteiger partial charge in [0.05, 0.1) is 17.6 Å². The molecule has 1 aliphatic rings. The minimum absolute atomic E-state index is 0.791. The van der Waals surface area contributed by atoms with Gasteiger partial charge in [0, 0.05) is 5.92 Å². The van der Waals surface area contributed by atoms with Crippen molar-refractivity contribution >= 4 is 26.7 Å². The van der Waals surface area contributed by atoms with Gasteiger partial charge in [-0.1, -0.05) is 37.3 Å². The number of quaternary nitrogens is 1. The van der Waals surface area contributed by atoms with Crippen molar-refractivity contribution in [2.45, 2.75) is 19.8 Å². The van der Waals surface area contributed by atoms with E-state index in [0.717, 1.165) is 29.3 Å². The maximum Gasteiger partial charge on any atom is 0.137 e. The Morgan fingerprint density at radius 1 is 1.24 bits per heavy atom. The molecule has 112 valence electrons. The summed E-state index contributed by atoms with van der Waals surface area (Å²) in [6.45, 7) is 6.84. The van der Waals surface area contributed by atoms with Gasteiger partial charge in [0.2, 0.25) is 0 Å². The van der Waals surface area contributed by atoms with E-state index in [2.05, 4.69) is 59.3 Å². The Balaban J connectivity index is 1.61. The number of rotatable bonds is 4. The Labute approximate surface area is 135 Å². The van der Waals surface area contributed by atoms with Crippen LogP contribution in [0.1, 0.15) is 19.8 Å². The van der Waals surface area contributed by atoms with Crippen LogP contribution in [0.4, 0.5) is 0 Å². The molecule has 2 nitrogen and oxygen atoms in total. The molecule has 2 atom stereocenters. The molecule has 0 amide bonds. The number of benzene rings is 2. The van der Waals surface area contributed by atoms with Crippen LogP contribution in [-0.2, 0) is 0 Å². The van der Waals surface area contributed by atoms with Crippen molar-refractivity contribution in [3.05, 3.63) is 40.9 Å². The van der Waals surface area contributed by atoms with E-state index in [1.807, 2.05) is 0 Å². The predicted molar refractivity (Wildman–Crippen MR) is 91.1 cm³/mol. The highest BCUT2D eigenvalue weighted by molar-refractivity contribution is 9.10. The molecule has 1 aliphatic heterocycles. The Morgan fingerprint density at radius 2 is 2.10 bits per heavy atom. The van der Waals surface area contributed by atoms with Crippen LogP contribution >= 0.6 is 15.9 Å². The van der Waals surface area contributed by atoms with Crippen LogP contribution in [0.15, 0.2) is 40.9 Å². The monoisotopic (exact) mass is 348 g/mol. The van der Waals surface area contributed by atoms with Gasteiger partial charge in [-0.05, 0) is 45.6 Å². The number of piperidine rings is 1. The van der Waals surface area contributed by atoms with Crippen molar-refractivity contribution in [1.29, 1.82) is 0 Å². The van der Waals surface area contributed by atoms with Crippen LogP contribution in [0.2, 0.25) is 0 Å². The second-order valence-corrected chi connectivity index (χ2v) is 6.94. The van der Waals surface area contributed by atoms with Gasteiger partial charge in [-0.2, -0.15) is 0 Å². The van der Waals surface area contributed by atoms with Gasteiger partial charge in [0.15, 0.2) is 0 Å². The summed E-state index contributed by atoms with van der Waals surface area (Å²) < 4.78 is 7.09. The summed E-state index contributed by atoms with van der Waals surface area (Å²) in [5, 5.41) is 2.46. The normalized spacial score (nSPS) is 22.4. The average Bonchev–Trinajstić information content (AvgIpc) is 2.50. The van der Waals surface area contributed by atoms with Crippen LogP contribution in [0, 0.1) is 5.92 Å². The third-order valence-corrected chi connectivity index (χ3v) is 5.22. The molecule has 0 saturated carbocycles. The largest absolute Gasteiger partial charge is 0.487 e. The van der Waals surface area contributed by atoms with Crippen molar-refractivity contribution in [2.24, 2.45) is 5.92 Å². The van der Waals surface area contributed by atoms with E-state index in [0.29, 0.717) is 0 Å². The lowest BCUT2D eigenvalue weighted by atomic mass is 10.0. The first-order valence-electron chi connectivity index (χ1n) is 7.87. The topological polar surface area (TPSA) is 13.7 Å². The number of ether oxygens (including phenoxy) is 1. The lowest BCUT2D eigenvalue weighted by molar-refractivity contribution is -0.908. The van der Waals surface area contributed by atoms with Crippen LogP contribution in [0.25, 0.3) is 10.8 Å². The lowest BCUT2D eigenvalue weighted by Gasteiger charge is -2.27. The molecular weight excluding hydrogens is 326 g/mol. The van der Waals surface area contributed by atoms with Crippen molar-refractivity contribution in [3.63, 3.8) is 0 Å². The number of fused-ring (bicyclic) bond motifs is 1. The molecule has 2 aromatic carbocycles. The van der Waals surface area contributed by atoms with Crippen LogP contribution in [-0.4, -0.2) is 26.2 Å². The van der Waals surface area contributed by atoms with Gasteiger partial charge >= 0.3 is 0 Å². The highest BCUT2D eigenvalue weighted by atomic mass is 79.9. The van der Waals surface area contributed by atoms with Crippen LogP contribution in [0.3, 0.4) is 0 Å². The van der Waals surface area contributed by atoms with Crippen molar-refractivity contribution in [1.82, 2.24) is 0 Å². The minimum atomic E-state index is 0.791. The molecule has 1 fully saturated rings. The minimum Gasteiger partial charge on any atom is -0.487 e. The summed E-state index contributed by atoms with van der Waals surface area (Å²) in [6, 6.07) is 12.6. The maximum atomic E-state index is 6.02. The van der Waals surface area contributed by atoms with E-state index < -0.39 is 0 Å². The van der Waals surface area contributed by atoms with Crippen LogP contribution < -0.4 is 9.64 Å². The second kappa shape index (κ2) is 6.80. The zero-order chi connectivity index (χ0) is 14.7. The zero-order valence-corrected chi connectivity index (χ0v) is 14.2. The van der Waals surface area contributed by atoms with Gasteiger partial charge in [0.25, 0.3) is 0 Å². The van der Waals surface area contributed by atoms with Crippen molar-refractivity contribution < 1.29 is 9.64 Å². The third-order valence-electron chi connectivity index (χ3n) is 4.41. The Bertz CT molecular complexity index is 613. The fraction of sp³-hybridized carbons (Fsp3) is 0.444. The Hall–Kier alpha value is -1.06. The summed E-state index contributed by atoms with van der Waals surface area (Å²) in [5.74, 6) is 1.82.